The fourth-order valence-electron chi connectivity index (χ4n) is 5.00. The van der Waals surface area contributed by atoms with Crippen molar-refractivity contribution in [2.45, 2.75) is 51.5 Å². The summed E-state index contributed by atoms with van der Waals surface area (Å²) in [6, 6.07) is 0. The monoisotopic (exact) mass is 583 g/mol. The molecule has 2 aliphatic heterocycles. The third-order valence-electron chi connectivity index (χ3n) is 7.20. The summed E-state index contributed by atoms with van der Waals surface area (Å²) in [7, 11) is 0. The smallest absolute Gasteiger partial charge is 0.253 e. The third-order valence-corrected chi connectivity index (χ3v) is 7.54. The summed E-state index contributed by atoms with van der Waals surface area (Å²) in [5, 5.41) is 15.8. The molecule has 1 aromatic rings. The lowest BCUT2D eigenvalue weighted by Crippen LogP contribution is -2.52. The van der Waals surface area contributed by atoms with E-state index in [4.69, 9.17) is 17.3 Å². The van der Waals surface area contributed by atoms with Gasteiger partial charge in [-0.05, 0) is 50.5 Å². The normalized spacial score (nSPS) is 25.1. The average molecular weight is 584 g/mol. The summed E-state index contributed by atoms with van der Waals surface area (Å²) in [4.78, 5) is 35.9. The second kappa shape index (κ2) is 13.4. The number of likely N-dealkylation sites (tertiary alicyclic amines) is 1. The number of nitrogens with one attached hydrogen (secondary N) is 3. The summed E-state index contributed by atoms with van der Waals surface area (Å²) in [5.41, 5.74) is 8.57. The highest BCUT2D eigenvalue weighted by molar-refractivity contribution is 6.35. The molecule has 42 heavy (non-hydrogen) atoms. The highest BCUT2D eigenvalue weighted by Crippen LogP contribution is 2.34. The van der Waals surface area contributed by atoms with Crippen LogP contribution in [0.15, 0.2) is 58.3 Å². The van der Waals surface area contributed by atoms with E-state index in [9.17, 15) is 15.0 Å². The molecule has 3 aliphatic rings. The van der Waals surface area contributed by atoms with Crippen LogP contribution >= 0.6 is 11.6 Å². The lowest BCUT2D eigenvalue weighted by Gasteiger charge is -2.42. The van der Waals surface area contributed by atoms with Gasteiger partial charge in [0.25, 0.3) is 5.91 Å². The minimum Gasteiger partial charge on any atom is -0.383 e. The number of aliphatic imine (C=N–C) groups is 1. The molecule has 1 aromatic heterocycles. The van der Waals surface area contributed by atoms with Gasteiger partial charge in [0.05, 0.1) is 22.5 Å². The van der Waals surface area contributed by atoms with E-state index in [-0.39, 0.29) is 41.2 Å². The molecular weight excluding hydrogens is 550 g/mol. The van der Waals surface area contributed by atoms with E-state index < -0.39 is 5.54 Å². The van der Waals surface area contributed by atoms with Gasteiger partial charge in [-0.15, -0.1) is 0 Å². The van der Waals surface area contributed by atoms with Crippen molar-refractivity contribution in [1.82, 2.24) is 15.2 Å². The van der Waals surface area contributed by atoms with Gasteiger partial charge in [-0.2, -0.15) is 0 Å². The molecule has 3 heterocycles. The molecule has 1 fully saturated rings. The van der Waals surface area contributed by atoms with Crippen LogP contribution in [0.4, 0.5) is 11.5 Å². The van der Waals surface area contributed by atoms with Crippen molar-refractivity contribution in [3.8, 4) is 23.7 Å². The predicted octanol–water partition coefficient (Wildman–Crippen LogP) is 4.01. The van der Waals surface area contributed by atoms with Crippen molar-refractivity contribution in [3.63, 3.8) is 0 Å². The van der Waals surface area contributed by atoms with Gasteiger partial charge in [-0.25, -0.2) is 4.98 Å². The van der Waals surface area contributed by atoms with E-state index in [0.717, 1.165) is 18.4 Å². The van der Waals surface area contributed by atoms with Crippen molar-refractivity contribution in [2.24, 2.45) is 4.99 Å². The van der Waals surface area contributed by atoms with Gasteiger partial charge in [-0.3, -0.25) is 20.0 Å². The maximum Gasteiger partial charge on any atom is 0.253 e. The van der Waals surface area contributed by atoms with Gasteiger partial charge in [0, 0.05) is 54.7 Å². The van der Waals surface area contributed by atoms with E-state index in [1.807, 2.05) is 19.9 Å². The number of piperidine rings is 1. The number of anilines is 2. The number of pyridine rings is 1. The number of nitrogen functional groups attached to an aromatic ring is 1. The number of hydrogen-bond acceptors (Lipinski definition) is 7. The van der Waals surface area contributed by atoms with Crippen molar-refractivity contribution in [2.75, 3.05) is 30.7 Å². The number of hydrogen-bond donors (Lipinski definition) is 4. The van der Waals surface area contributed by atoms with E-state index in [0.29, 0.717) is 54.3 Å². The van der Waals surface area contributed by atoms with Gasteiger partial charge >= 0.3 is 0 Å². The highest BCUT2D eigenvalue weighted by atomic mass is 35.5. The Balaban J connectivity index is 1.66. The molecule has 9 nitrogen and oxygen atoms in total. The zero-order chi connectivity index (χ0) is 30.3. The number of aromatic nitrogens is 1. The lowest BCUT2D eigenvalue weighted by molar-refractivity contribution is -0.127. The third kappa shape index (κ3) is 7.18. The van der Waals surface area contributed by atoms with Crippen LogP contribution in [0.2, 0.25) is 0 Å². The standard InChI is InChI=1S/C32H34ClN7O2/c1-4-26(41)40-17-11-15-32(3,20-40)39-29-21(2)19-37-30(35)27(29)28(34)23-13-9-8-12-22(18-24(23)33)31(42)38-25-14-7-5-6-10-16-36-25/h4,7,14,18-19,34H,1,5,11-13,15-17,20H2,2-3H3,(H3,35,37,39)(H,36,38,42)/b14-7-,22-18+,24-23-,34-28?. The molecule has 2 amide bonds. The van der Waals surface area contributed by atoms with Crippen molar-refractivity contribution in [1.29, 1.82) is 5.41 Å². The summed E-state index contributed by atoms with van der Waals surface area (Å²) < 4.78 is 0. The fraction of sp³-hybridized carbons (Fsp3) is 0.344. The topological polar surface area (TPSA) is 137 Å². The fourth-order valence-corrected chi connectivity index (χ4v) is 5.29. The summed E-state index contributed by atoms with van der Waals surface area (Å²) in [5.74, 6) is 12.0. The maximum absolute atomic E-state index is 13.1. The van der Waals surface area contributed by atoms with E-state index in [1.165, 1.54) is 6.08 Å². The van der Waals surface area contributed by atoms with Crippen LogP contribution in [-0.2, 0) is 9.59 Å². The van der Waals surface area contributed by atoms with Crippen LogP contribution < -0.4 is 16.4 Å². The van der Waals surface area contributed by atoms with Crippen molar-refractivity contribution < 1.29 is 9.59 Å². The summed E-state index contributed by atoms with van der Waals surface area (Å²) >= 11 is 6.78. The largest absolute Gasteiger partial charge is 0.383 e. The van der Waals surface area contributed by atoms with Gasteiger partial charge in [0.2, 0.25) is 5.91 Å². The number of aryl methyl sites for hydroxylation is 1. The first kappa shape index (κ1) is 30.4. The molecule has 1 aliphatic carbocycles. The second-order valence-corrected chi connectivity index (χ2v) is 10.9. The Bertz CT molecular complexity index is 1580. The Hall–Kier alpha value is -4.60. The molecular formula is C32H34ClN7O2. The second-order valence-electron chi connectivity index (χ2n) is 10.5. The van der Waals surface area contributed by atoms with Crippen LogP contribution in [0.25, 0.3) is 0 Å². The number of nitrogens with zero attached hydrogens (tertiary/aromatic N) is 3. The molecule has 0 spiro atoms. The molecule has 0 aromatic carbocycles. The first-order valence-corrected chi connectivity index (χ1v) is 14.1. The zero-order valence-electron chi connectivity index (χ0n) is 23.9. The Kier molecular flexibility index (Phi) is 9.67. The maximum atomic E-state index is 13.1. The molecule has 0 radical (unpaired) electrons. The Morgan fingerprint density at radius 3 is 2.83 bits per heavy atom. The minimum absolute atomic E-state index is 0.0627. The van der Waals surface area contributed by atoms with Gasteiger partial charge in [-0.1, -0.05) is 47.9 Å². The molecule has 0 saturated carbocycles. The SMILES string of the molecule is C=CC(=O)N1CCCC(C)(Nc2c(C)cnc(N)c2C(=N)/C2=C(Cl)/C=C(/C(=O)NC3=N/CC#CC/C=C\3)CC#CC2)C1. The summed E-state index contributed by atoms with van der Waals surface area (Å²) in [6.45, 7) is 8.97. The first-order valence-electron chi connectivity index (χ1n) is 13.7. The number of nitrogens with two attached hydrogens (primary N) is 1. The summed E-state index contributed by atoms with van der Waals surface area (Å²) in [6.07, 6.45) is 10.7. The van der Waals surface area contributed by atoms with E-state index in [2.05, 4.69) is 50.9 Å². The zero-order valence-corrected chi connectivity index (χ0v) is 24.6. The van der Waals surface area contributed by atoms with Gasteiger partial charge in [0.1, 0.15) is 18.2 Å². The molecule has 1 unspecified atom stereocenters. The molecule has 1 saturated heterocycles. The quantitative estimate of drug-likeness (QED) is 0.228. The van der Waals surface area contributed by atoms with E-state index >= 15 is 0 Å². The molecule has 216 valence electrons. The van der Waals surface area contributed by atoms with Crippen LogP contribution in [0.5, 0.6) is 0 Å². The highest BCUT2D eigenvalue weighted by Gasteiger charge is 2.34. The minimum atomic E-state index is -0.478. The van der Waals surface area contributed by atoms with Crippen LogP contribution in [0.1, 0.15) is 50.2 Å². The molecule has 4 rings (SSSR count). The first-order chi connectivity index (χ1) is 20.1. The number of amidine groups is 1. The molecule has 0 bridgehead atoms. The number of halogens is 1. The van der Waals surface area contributed by atoms with Crippen LogP contribution in [0.3, 0.4) is 0 Å². The molecule has 1 atom stereocenters. The lowest BCUT2D eigenvalue weighted by atomic mass is 9.88. The van der Waals surface area contributed by atoms with Crippen LogP contribution in [0, 0.1) is 36.0 Å². The molecule has 5 N–H and O–H groups in total. The predicted molar refractivity (Wildman–Crippen MR) is 168 cm³/mol. The van der Waals surface area contributed by atoms with Crippen LogP contribution in [-0.4, -0.2) is 58.4 Å². The number of allylic oxidation sites excluding steroid dienone is 4. The van der Waals surface area contributed by atoms with Crippen molar-refractivity contribution >= 4 is 46.5 Å². The van der Waals surface area contributed by atoms with Gasteiger partial charge < -0.3 is 21.3 Å². The number of carbonyl (C=O) groups excluding carboxylic acids is 2. The number of rotatable bonds is 6. The Morgan fingerprint density at radius 1 is 1.26 bits per heavy atom. The Labute approximate surface area is 251 Å². The molecule has 10 heteroatoms. The average Bonchev–Trinajstić information content (AvgIpc) is 2.93. The van der Waals surface area contributed by atoms with Crippen molar-refractivity contribution in [3.05, 3.63) is 64.4 Å². The number of amides is 2. The number of carbonyl (C=O) groups is 2. The Morgan fingerprint density at radius 2 is 2.05 bits per heavy atom. The van der Waals surface area contributed by atoms with E-state index in [1.54, 1.807) is 23.2 Å². The van der Waals surface area contributed by atoms with Gasteiger partial charge in [0.15, 0.2) is 0 Å².